The number of nitrogens with one attached hydrogen (secondary N) is 1. The van der Waals surface area contributed by atoms with Gasteiger partial charge in [-0.2, -0.15) is 5.26 Å². The van der Waals surface area contributed by atoms with E-state index in [4.69, 9.17) is 5.26 Å². The average molecular weight is 401 g/mol. The molecule has 0 radical (unpaired) electrons. The van der Waals surface area contributed by atoms with Crippen molar-refractivity contribution in [2.45, 2.75) is 0 Å². The maximum atomic E-state index is 8.73. The molecule has 17 heavy (non-hydrogen) atoms. The lowest BCUT2D eigenvalue weighted by Gasteiger charge is -2.05. The van der Waals surface area contributed by atoms with E-state index < -0.39 is 0 Å². The summed E-state index contributed by atoms with van der Waals surface area (Å²) in [5.41, 5.74) is 1.21. The van der Waals surface area contributed by atoms with Crippen LogP contribution in [0.25, 0.3) is 0 Å². The van der Waals surface area contributed by atoms with Crippen LogP contribution in [0.3, 0.4) is 0 Å². The lowest BCUT2D eigenvalue weighted by Crippen LogP contribution is -1.98. The molecule has 1 N–H and O–H groups in total. The maximum absolute atomic E-state index is 8.73. The quantitative estimate of drug-likeness (QED) is 0.784. The van der Waals surface area contributed by atoms with Gasteiger partial charge >= 0.3 is 0 Å². The van der Waals surface area contributed by atoms with Crippen molar-refractivity contribution in [3.63, 3.8) is 0 Å². The number of hydrogen-bond donors (Lipinski definition) is 1. The summed E-state index contributed by atoms with van der Waals surface area (Å²) in [7, 11) is 0. The highest BCUT2D eigenvalue weighted by Crippen LogP contribution is 2.24. The highest BCUT2D eigenvalue weighted by molar-refractivity contribution is 14.1. The summed E-state index contributed by atoms with van der Waals surface area (Å²) in [4.78, 5) is 8.08. The van der Waals surface area contributed by atoms with Crippen LogP contribution in [0.5, 0.6) is 0 Å². The topological polar surface area (TPSA) is 61.6 Å². The summed E-state index contributed by atoms with van der Waals surface area (Å²) in [5.74, 6) is 0.414. The van der Waals surface area contributed by atoms with E-state index in [0.717, 1.165) is 13.7 Å². The second kappa shape index (κ2) is 5.42. The smallest absolute Gasteiger partial charge is 0.228 e. The fraction of sp³-hybridized carbons (Fsp3) is 0. The zero-order valence-corrected chi connectivity index (χ0v) is 12.2. The van der Waals surface area contributed by atoms with Crippen LogP contribution in [-0.4, -0.2) is 9.97 Å². The van der Waals surface area contributed by atoms with E-state index in [2.05, 4.69) is 53.8 Å². The third-order valence-corrected chi connectivity index (χ3v) is 4.28. The minimum atomic E-state index is 0.340. The predicted molar refractivity (Wildman–Crippen MR) is 76.9 cm³/mol. The van der Waals surface area contributed by atoms with Gasteiger partial charge in [0.15, 0.2) is 0 Å². The first-order valence-electron chi connectivity index (χ1n) is 4.64. The number of nitrogens with zero attached hydrogens (tertiary/aromatic N) is 3. The molecule has 0 aliphatic carbocycles. The second-order valence-electron chi connectivity index (χ2n) is 3.13. The molecule has 1 aromatic heterocycles. The molecule has 0 aliphatic heterocycles. The van der Waals surface area contributed by atoms with E-state index >= 15 is 0 Å². The molecule has 0 bridgehead atoms. The first-order valence-corrected chi connectivity index (χ1v) is 6.51. The van der Waals surface area contributed by atoms with Gasteiger partial charge in [-0.15, -0.1) is 0 Å². The Kier molecular flexibility index (Phi) is 3.91. The molecule has 0 unspecified atom stereocenters. The van der Waals surface area contributed by atoms with Crippen molar-refractivity contribution in [1.29, 1.82) is 5.26 Å². The molecule has 6 heteroatoms. The van der Waals surface area contributed by atoms with Gasteiger partial charge in [0.2, 0.25) is 5.95 Å². The van der Waals surface area contributed by atoms with Crippen molar-refractivity contribution < 1.29 is 0 Å². The normalized spacial score (nSPS) is 9.71. The first-order chi connectivity index (χ1) is 8.19. The van der Waals surface area contributed by atoms with Gasteiger partial charge in [0, 0.05) is 19.9 Å². The molecular formula is C11H6BrIN4. The molecule has 2 rings (SSSR count). The van der Waals surface area contributed by atoms with E-state index in [0.29, 0.717) is 11.6 Å². The zero-order valence-electron chi connectivity index (χ0n) is 8.48. The van der Waals surface area contributed by atoms with Crippen molar-refractivity contribution in [3.8, 4) is 6.07 Å². The number of hydrogen-bond acceptors (Lipinski definition) is 4. The minimum absolute atomic E-state index is 0.340. The molecule has 0 saturated heterocycles. The maximum Gasteiger partial charge on any atom is 0.228 e. The van der Waals surface area contributed by atoms with Crippen LogP contribution in [0.4, 0.5) is 11.6 Å². The Hall–Kier alpha value is -1.20. The fourth-order valence-corrected chi connectivity index (χ4v) is 1.90. The van der Waals surface area contributed by atoms with Gasteiger partial charge in [0.05, 0.1) is 0 Å². The third kappa shape index (κ3) is 3.14. The second-order valence-corrected chi connectivity index (χ2v) is 5.15. The molecule has 0 saturated carbocycles. The number of rotatable bonds is 2. The predicted octanol–water partition coefficient (Wildman–Crippen LogP) is 3.46. The Morgan fingerprint density at radius 2 is 2.18 bits per heavy atom. The van der Waals surface area contributed by atoms with Crippen LogP contribution < -0.4 is 5.32 Å². The standard InChI is InChI=1S/C11H6BrIN4/c12-9-5-7(1-2-10(9)13)16-11-15-4-3-8(6-14)17-11/h1-5H,(H,15,16,17). The highest BCUT2D eigenvalue weighted by Gasteiger charge is 2.01. The Labute approximate surface area is 120 Å². The van der Waals surface area contributed by atoms with E-state index in [1.807, 2.05) is 24.3 Å². The van der Waals surface area contributed by atoms with Gasteiger partial charge in [-0.25, -0.2) is 9.97 Å². The summed E-state index contributed by atoms with van der Waals surface area (Å²) in [6.45, 7) is 0. The van der Waals surface area contributed by atoms with Crippen LogP contribution in [0.15, 0.2) is 34.9 Å². The van der Waals surface area contributed by atoms with Gasteiger partial charge in [0.1, 0.15) is 11.8 Å². The van der Waals surface area contributed by atoms with Gasteiger partial charge < -0.3 is 5.32 Å². The monoisotopic (exact) mass is 400 g/mol. The molecular weight excluding hydrogens is 395 g/mol. The van der Waals surface area contributed by atoms with Gasteiger partial charge in [0.25, 0.3) is 0 Å². The first kappa shape index (κ1) is 12.3. The van der Waals surface area contributed by atoms with Crippen molar-refractivity contribution in [1.82, 2.24) is 9.97 Å². The van der Waals surface area contributed by atoms with Crippen LogP contribution >= 0.6 is 38.5 Å². The molecule has 84 valence electrons. The van der Waals surface area contributed by atoms with E-state index in [1.54, 1.807) is 12.3 Å². The Bertz CT molecular complexity index is 594. The summed E-state index contributed by atoms with van der Waals surface area (Å²) >= 11 is 5.68. The molecule has 0 atom stereocenters. The number of benzene rings is 1. The number of nitriles is 1. The van der Waals surface area contributed by atoms with Crippen LogP contribution in [0.1, 0.15) is 5.69 Å². The van der Waals surface area contributed by atoms with Gasteiger partial charge in [-0.3, -0.25) is 0 Å². The molecule has 4 nitrogen and oxygen atoms in total. The molecule has 1 aromatic carbocycles. The summed E-state index contributed by atoms with van der Waals surface area (Å²) in [6, 6.07) is 9.37. The fourth-order valence-electron chi connectivity index (χ4n) is 1.18. The van der Waals surface area contributed by atoms with E-state index in [9.17, 15) is 0 Å². The summed E-state index contributed by atoms with van der Waals surface area (Å²) < 4.78 is 2.12. The van der Waals surface area contributed by atoms with Crippen LogP contribution in [-0.2, 0) is 0 Å². The van der Waals surface area contributed by atoms with Crippen molar-refractivity contribution in [2.75, 3.05) is 5.32 Å². The molecule has 0 amide bonds. The molecule has 2 aromatic rings. The van der Waals surface area contributed by atoms with Crippen LogP contribution in [0.2, 0.25) is 0 Å². The summed E-state index contributed by atoms with van der Waals surface area (Å²) in [6.07, 6.45) is 1.55. The number of anilines is 2. The highest BCUT2D eigenvalue weighted by atomic mass is 127. The Morgan fingerprint density at radius 1 is 1.35 bits per heavy atom. The number of halogens is 2. The molecule has 0 fully saturated rings. The van der Waals surface area contributed by atoms with E-state index in [1.165, 1.54) is 0 Å². The lowest BCUT2D eigenvalue weighted by atomic mass is 10.3. The molecule has 1 heterocycles. The largest absolute Gasteiger partial charge is 0.324 e. The van der Waals surface area contributed by atoms with Crippen molar-refractivity contribution in [2.24, 2.45) is 0 Å². The van der Waals surface area contributed by atoms with E-state index in [-0.39, 0.29) is 0 Å². The molecule has 0 spiro atoms. The van der Waals surface area contributed by atoms with Gasteiger partial charge in [-0.05, 0) is 62.8 Å². The third-order valence-electron chi connectivity index (χ3n) is 1.95. The average Bonchev–Trinajstić information content (AvgIpc) is 2.34. The SMILES string of the molecule is N#Cc1ccnc(Nc2ccc(I)c(Br)c2)n1. The minimum Gasteiger partial charge on any atom is -0.324 e. The van der Waals surface area contributed by atoms with Crippen molar-refractivity contribution >= 4 is 50.2 Å². The number of aromatic nitrogens is 2. The van der Waals surface area contributed by atoms with Crippen LogP contribution in [0, 0.1) is 14.9 Å². The Balaban J connectivity index is 2.25. The van der Waals surface area contributed by atoms with Crippen molar-refractivity contribution in [3.05, 3.63) is 44.2 Å². The molecule has 0 aliphatic rings. The lowest BCUT2D eigenvalue weighted by molar-refractivity contribution is 1.14. The van der Waals surface area contributed by atoms with Gasteiger partial charge in [-0.1, -0.05) is 0 Å². The zero-order chi connectivity index (χ0) is 12.3. The summed E-state index contributed by atoms with van der Waals surface area (Å²) in [5, 5.41) is 11.8. The Morgan fingerprint density at radius 3 is 2.88 bits per heavy atom.